The van der Waals surface area contributed by atoms with Crippen LogP contribution < -0.4 is 10.1 Å². The van der Waals surface area contributed by atoms with Crippen molar-refractivity contribution in [1.29, 1.82) is 0 Å². The number of methoxy groups -OCH3 is 2. The van der Waals surface area contributed by atoms with Gasteiger partial charge in [-0.1, -0.05) is 11.6 Å². The van der Waals surface area contributed by atoms with E-state index in [-0.39, 0.29) is 12.4 Å². The van der Waals surface area contributed by atoms with E-state index in [1.807, 2.05) is 18.2 Å². The minimum atomic E-state index is 0. The van der Waals surface area contributed by atoms with Crippen molar-refractivity contribution in [1.82, 2.24) is 5.32 Å². The lowest BCUT2D eigenvalue weighted by Gasteiger charge is -2.09. The molecule has 1 rings (SSSR count). The van der Waals surface area contributed by atoms with Crippen molar-refractivity contribution in [2.45, 2.75) is 13.0 Å². The first-order valence-corrected chi connectivity index (χ1v) is 5.67. The van der Waals surface area contributed by atoms with E-state index < -0.39 is 0 Å². The third kappa shape index (κ3) is 6.13. The Morgan fingerprint density at radius 1 is 1.29 bits per heavy atom. The molecule has 0 unspecified atom stereocenters. The van der Waals surface area contributed by atoms with E-state index in [1.165, 1.54) is 0 Å². The summed E-state index contributed by atoms with van der Waals surface area (Å²) in [4.78, 5) is 0. The summed E-state index contributed by atoms with van der Waals surface area (Å²) in [7, 11) is 3.37. The zero-order chi connectivity index (χ0) is 11.8. The van der Waals surface area contributed by atoms with Crippen LogP contribution in [0, 0.1) is 0 Å². The summed E-state index contributed by atoms with van der Waals surface area (Å²) < 4.78 is 10.2. The minimum absolute atomic E-state index is 0. The molecule has 5 heteroatoms. The largest absolute Gasteiger partial charge is 0.496 e. The molecule has 17 heavy (non-hydrogen) atoms. The molecule has 3 nitrogen and oxygen atoms in total. The fourth-order valence-electron chi connectivity index (χ4n) is 1.45. The van der Waals surface area contributed by atoms with E-state index in [4.69, 9.17) is 21.1 Å². The van der Waals surface area contributed by atoms with Crippen LogP contribution in [0.3, 0.4) is 0 Å². The molecule has 0 aromatic heterocycles. The molecule has 0 radical (unpaired) electrons. The maximum Gasteiger partial charge on any atom is 0.123 e. The molecule has 0 heterocycles. The molecule has 1 aromatic rings. The number of benzene rings is 1. The first kappa shape index (κ1) is 16.5. The lowest BCUT2D eigenvalue weighted by molar-refractivity contribution is 0.194. The second-order valence-corrected chi connectivity index (χ2v) is 3.92. The van der Waals surface area contributed by atoms with E-state index in [0.717, 1.165) is 42.5 Å². The molecule has 0 bridgehead atoms. The van der Waals surface area contributed by atoms with Crippen LogP contribution in [0.2, 0.25) is 5.02 Å². The molecule has 0 saturated heterocycles. The number of halogens is 2. The third-order valence-corrected chi connectivity index (χ3v) is 2.50. The second-order valence-electron chi connectivity index (χ2n) is 3.48. The predicted octanol–water partition coefficient (Wildman–Crippen LogP) is 2.90. The van der Waals surface area contributed by atoms with Gasteiger partial charge in [-0.05, 0) is 31.2 Å². The molecule has 0 atom stereocenters. The topological polar surface area (TPSA) is 30.5 Å². The van der Waals surface area contributed by atoms with E-state index in [9.17, 15) is 0 Å². The van der Waals surface area contributed by atoms with Crippen LogP contribution >= 0.6 is 24.0 Å². The summed E-state index contributed by atoms with van der Waals surface area (Å²) in [5.41, 5.74) is 1.08. The number of ether oxygens (including phenoxy) is 2. The molecule has 1 aromatic carbocycles. The maximum atomic E-state index is 5.93. The molecule has 0 fully saturated rings. The maximum absolute atomic E-state index is 5.93. The van der Waals surface area contributed by atoms with Crippen LogP contribution in [0.25, 0.3) is 0 Å². The lowest BCUT2D eigenvalue weighted by Crippen LogP contribution is -2.16. The molecule has 0 saturated carbocycles. The van der Waals surface area contributed by atoms with Crippen molar-refractivity contribution < 1.29 is 9.47 Å². The van der Waals surface area contributed by atoms with Crippen LogP contribution in [-0.4, -0.2) is 27.4 Å². The Bertz CT molecular complexity index is 321. The van der Waals surface area contributed by atoms with Crippen molar-refractivity contribution >= 4 is 24.0 Å². The summed E-state index contributed by atoms with van der Waals surface area (Å²) in [5.74, 6) is 0.864. The first-order valence-electron chi connectivity index (χ1n) is 5.30. The number of hydrogen-bond donors (Lipinski definition) is 1. The Labute approximate surface area is 114 Å². The minimum Gasteiger partial charge on any atom is -0.496 e. The van der Waals surface area contributed by atoms with Gasteiger partial charge in [-0.25, -0.2) is 0 Å². The van der Waals surface area contributed by atoms with Gasteiger partial charge < -0.3 is 14.8 Å². The van der Waals surface area contributed by atoms with Gasteiger partial charge in [-0.2, -0.15) is 0 Å². The normalized spacial score (nSPS) is 9.82. The standard InChI is InChI=1S/C12H18ClNO2.ClH/c1-15-7-3-6-14-9-10-8-11(13)4-5-12(10)16-2;/h4-5,8,14H,3,6-7,9H2,1-2H3;1H. The van der Waals surface area contributed by atoms with Gasteiger partial charge in [0.25, 0.3) is 0 Å². The molecular weight excluding hydrogens is 261 g/mol. The predicted molar refractivity (Wildman–Crippen MR) is 73.5 cm³/mol. The monoisotopic (exact) mass is 279 g/mol. The summed E-state index contributed by atoms with van der Waals surface area (Å²) in [5, 5.41) is 4.05. The molecule has 1 N–H and O–H groups in total. The zero-order valence-corrected chi connectivity index (χ0v) is 11.7. The van der Waals surface area contributed by atoms with Crippen molar-refractivity contribution in [2.75, 3.05) is 27.4 Å². The molecule has 0 amide bonds. The second kappa shape index (κ2) is 9.54. The number of nitrogens with one attached hydrogen (secondary N) is 1. The highest BCUT2D eigenvalue weighted by Gasteiger charge is 2.02. The molecule has 0 aliphatic rings. The van der Waals surface area contributed by atoms with E-state index >= 15 is 0 Å². The van der Waals surface area contributed by atoms with Crippen LogP contribution in [0.1, 0.15) is 12.0 Å². The van der Waals surface area contributed by atoms with Gasteiger partial charge in [0.2, 0.25) is 0 Å². The molecule has 98 valence electrons. The Kier molecular flexibility index (Phi) is 9.27. The highest BCUT2D eigenvalue weighted by molar-refractivity contribution is 6.30. The average molecular weight is 280 g/mol. The zero-order valence-electron chi connectivity index (χ0n) is 10.2. The summed E-state index contributed by atoms with van der Waals surface area (Å²) in [6.07, 6.45) is 0.999. The third-order valence-electron chi connectivity index (χ3n) is 2.26. The lowest BCUT2D eigenvalue weighted by atomic mass is 10.2. The van der Waals surface area contributed by atoms with Crippen LogP contribution in [-0.2, 0) is 11.3 Å². The van der Waals surface area contributed by atoms with Crippen LogP contribution in [0.15, 0.2) is 18.2 Å². The average Bonchev–Trinajstić information content (AvgIpc) is 2.29. The number of hydrogen-bond acceptors (Lipinski definition) is 3. The van der Waals surface area contributed by atoms with E-state index in [0.29, 0.717) is 0 Å². The van der Waals surface area contributed by atoms with Gasteiger partial charge in [0.15, 0.2) is 0 Å². The molecule has 0 aliphatic heterocycles. The molecule has 0 spiro atoms. The van der Waals surface area contributed by atoms with E-state index in [2.05, 4.69) is 5.32 Å². The van der Waals surface area contributed by atoms with Gasteiger partial charge in [-0.15, -0.1) is 12.4 Å². The highest BCUT2D eigenvalue weighted by Crippen LogP contribution is 2.22. The quantitative estimate of drug-likeness (QED) is 0.779. The summed E-state index contributed by atoms with van der Waals surface area (Å²) in [6.45, 7) is 2.45. The van der Waals surface area contributed by atoms with Crippen LogP contribution in [0.5, 0.6) is 5.75 Å². The fourth-order valence-corrected chi connectivity index (χ4v) is 1.64. The fraction of sp³-hybridized carbons (Fsp3) is 0.500. The molecule has 0 aliphatic carbocycles. The number of rotatable bonds is 7. The first-order chi connectivity index (χ1) is 7.77. The van der Waals surface area contributed by atoms with Crippen LogP contribution in [0.4, 0.5) is 0 Å². The Morgan fingerprint density at radius 3 is 2.71 bits per heavy atom. The Morgan fingerprint density at radius 2 is 2.06 bits per heavy atom. The molecular formula is C12H19Cl2NO2. The SMILES string of the molecule is COCCCNCc1cc(Cl)ccc1OC.Cl. The van der Waals surface area contributed by atoms with Crippen molar-refractivity contribution in [3.8, 4) is 5.75 Å². The van der Waals surface area contributed by atoms with Gasteiger partial charge in [0.1, 0.15) is 5.75 Å². The Balaban J connectivity index is 0.00000256. The van der Waals surface area contributed by atoms with Gasteiger partial charge in [0, 0.05) is 30.8 Å². The van der Waals surface area contributed by atoms with Crippen molar-refractivity contribution in [3.05, 3.63) is 28.8 Å². The summed E-state index contributed by atoms with van der Waals surface area (Å²) in [6, 6.07) is 5.63. The van der Waals surface area contributed by atoms with Gasteiger partial charge in [-0.3, -0.25) is 0 Å². The van der Waals surface area contributed by atoms with Crippen molar-refractivity contribution in [3.63, 3.8) is 0 Å². The highest BCUT2D eigenvalue weighted by atomic mass is 35.5. The van der Waals surface area contributed by atoms with Gasteiger partial charge >= 0.3 is 0 Å². The van der Waals surface area contributed by atoms with E-state index in [1.54, 1.807) is 14.2 Å². The Hall–Kier alpha value is -0.480. The smallest absolute Gasteiger partial charge is 0.123 e. The van der Waals surface area contributed by atoms with Crippen molar-refractivity contribution in [2.24, 2.45) is 0 Å². The van der Waals surface area contributed by atoms with Gasteiger partial charge in [0.05, 0.1) is 7.11 Å². The summed E-state index contributed by atoms with van der Waals surface area (Å²) >= 11 is 5.93.